The van der Waals surface area contributed by atoms with Gasteiger partial charge in [-0.2, -0.15) is 5.10 Å². The molecule has 1 aliphatic rings. The molecule has 2 rings (SSSR count). The van der Waals surface area contributed by atoms with Crippen LogP contribution in [0.4, 0.5) is 5.82 Å². The molecule has 2 atom stereocenters. The van der Waals surface area contributed by atoms with Crippen LogP contribution in [0.3, 0.4) is 0 Å². The molecule has 2 unspecified atom stereocenters. The number of nitrogens with zero attached hydrogens (tertiary/aromatic N) is 2. The van der Waals surface area contributed by atoms with Gasteiger partial charge in [0.2, 0.25) is 11.8 Å². The van der Waals surface area contributed by atoms with Gasteiger partial charge in [0.1, 0.15) is 0 Å². The van der Waals surface area contributed by atoms with Crippen molar-refractivity contribution in [2.24, 2.45) is 17.6 Å². The fourth-order valence-corrected chi connectivity index (χ4v) is 1.68. The maximum atomic E-state index is 11.6. The Kier molecular flexibility index (Phi) is 3.12. The molecule has 0 aromatic carbocycles. The van der Waals surface area contributed by atoms with Crippen LogP contribution in [-0.4, -0.2) is 21.6 Å². The molecule has 3 N–H and O–H groups in total. The van der Waals surface area contributed by atoms with Crippen LogP contribution in [0.1, 0.15) is 19.8 Å². The molecular weight excluding hydrogens is 220 g/mol. The number of carbonyl (C=O) groups excluding carboxylic acids is 2. The zero-order valence-electron chi connectivity index (χ0n) is 9.72. The topological polar surface area (TPSA) is 90.0 Å². The molecule has 92 valence electrons. The van der Waals surface area contributed by atoms with Crippen molar-refractivity contribution < 1.29 is 9.59 Å². The molecule has 1 aromatic heterocycles. The molecule has 1 aromatic rings. The summed E-state index contributed by atoms with van der Waals surface area (Å²) in [4.78, 5) is 22.2. The zero-order valence-corrected chi connectivity index (χ0v) is 9.72. The van der Waals surface area contributed by atoms with Crippen molar-refractivity contribution in [3.63, 3.8) is 0 Å². The van der Waals surface area contributed by atoms with Crippen molar-refractivity contribution in [1.29, 1.82) is 0 Å². The minimum absolute atomic E-state index is 0.0256. The van der Waals surface area contributed by atoms with Crippen LogP contribution >= 0.6 is 0 Å². The van der Waals surface area contributed by atoms with Crippen LogP contribution in [0.15, 0.2) is 12.3 Å². The fourth-order valence-electron chi connectivity index (χ4n) is 1.68. The molecule has 0 spiro atoms. The monoisotopic (exact) mass is 236 g/mol. The van der Waals surface area contributed by atoms with Gasteiger partial charge >= 0.3 is 0 Å². The summed E-state index contributed by atoms with van der Waals surface area (Å²) in [5.74, 6) is 0.798. The molecule has 6 heteroatoms. The number of anilines is 1. The summed E-state index contributed by atoms with van der Waals surface area (Å²) < 4.78 is 1.59. The van der Waals surface area contributed by atoms with Crippen LogP contribution in [-0.2, 0) is 16.1 Å². The summed E-state index contributed by atoms with van der Waals surface area (Å²) in [6.45, 7) is 2.49. The van der Waals surface area contributed by atoms with Gasteiger partial charge in [0.05, 0.1) is 0 Å². The van der Waals surface area contributed by atoms with Crippen molar-refractivity contribution in [2.75, 3.05) is 5.32 Å². The average molecular weight is 236 g/mol. The van der Waals surface area contributed by atoms with Crippen LogP contribution in [0.5, 0.6) is 0 Å². The Morgan fingerprint density at radius 1 is 1.65 bits per heavy atom. The quantitative estimate of drug-likeness (QED) is 0.773. The Morgan fingerprint density at radius 3 is 2.94 bits per heavy atom. The molecule has 17 heavy (non-hydrogen) atoms. The first kappa shape index (κ1) is 11.6. The second kappa shape index (κ2) is 4.57. The van der Waals surface area contributed by atoms with E-state index >= 15 is 0 Å². The van der Waals surface area contributed by atoms with E-state index in [0.717, 1.165) is 6.42 Å². The number of rotatable bonds is 5. The summed E-state index contributed by atoms with van der Waals surface area (Å²) in [5, 5.41) is 6.89. The summed E-state index contributed by atoms with van der Waals surface area (Å²) in [5.41, 5.74) is 5.04. The van der Waals surface area contributed by atoms with Crippen LogP contribution in [0, 0.1) is 11.8 Å². The Morgan fingerprint density at radius 2 is 2.35 bits per heavy atom. The molecule has 6 nitrogen and oxygen atoms in total. The molecule has 0 aliphatic heterocycles. The van der Waals surface area contributed by atoms with Gasteiger partial charge in [-0.15, -0.1) is 0 Å². The van der Waals surface area contributed by atoms with Crippen LogP contribution in [0.25, 0.3) is 0 Å². The van der Waals surface area contributed by atoms with E-state index in [1.165, 1.54) is 0 Å². The second-order valence-corrected chi connectivity index (χ2v) is 4.49. The van der Waals surface area contributed by atoms with Gasteiger partial charge in [-0.1, -0.05) is 6.92 Å². The molecule has 0 radical (unpaired) electrons. The first-order chi connectivity index (χ1) is 8.06. The molecule has 1 heterocycles. The lowest BCUT2D eigenvalue weighted by Crippen LogP contribution is -2.16. The molecule has 1 fully saturated rings. The summed E-state index contributed by atoms with van der Waals surface area (Å²) in [7, 11) is 0. The lowest BCUT2D eigenvalue weighted by Gasteiger charge is -2.00. The number of nitrogens with two attached hydrogens (primary N) is 1. The van der Waals surface area contributed by atoms with Crippen molar-refractivity contribution in [2.45, 2.75) is 26.3 Å². The molecule has 1 saturated carbocycles. The van der Waals surface area contributed by atoms with Crippen molar-refractivity contribution in [3.05, 3.63) is 12.3 Å². The van der Waals surface area contributed by atoms with E-state index in [1.807, 2.05) is 0 Å². The van der Waals surface area contributed by atoms with Gasteiger partial charge in [-0.25, -0.2) is 0 Å². The minimum Gasteiger partial charge on any atom is -0.370 e. The predicted octanol–water partition coefficient (Wildman–Crippen LogP) is 0.353. The summed E-state index contributed by atoms with van der Waals surface area (Å²) >= 11 is 0. The maximum absolute atomic E-state index is 11.6. The van der Waals surface area contributed by atoms with Crippen LogP contribution in [0.2, 0.25) is 0 Å². The zero-order chi connectivity index (χ0) is 12.4. The lowest BCUT2D eigenvalue weighted by molar-refractivity contribution is -0.118. The van der Waals surface area contributed by atoms with Gasteiger partial charge in [-0.3, -0.25) is 14.3 Å². The highest BCUT2D eigenvalue weighted by molar-refractivity contribution is 5.93. The third-order valence-corrected chi connectivity index (χ3v) is 2.93. The molecule has 0 bridgehead atoms. The number of amides is 2. The highest BCUT2D eigenvalue weighted by Crippen LogP contribution is 2.38. The van der Waals surface area contributed by atoms with Crippen molar-refractivity contribution >= 4 is 17.6 Å². The standard InChI is InChI=1S/C11H16N4O2/c1-7-6-8(7)11(17)13-10-3-5-15(14-10)4-2-9(12)16/h3,5,7-8H,2,4,6H2,1H3,(H2,12,16)(H,13,14,17). The molecule has 2 amide bonds. The van der Waals surface area contributed by atoms with Gasteiger partial charge in [-0.05, 0) is 12.3 Å². The van der Waals surface area contributed by atoms with Gasteiger partial charge in [0.15, 0.2) is 5.82 Å². The molecular formula is C11H16N4O2. The first-order valence-corrected chi connectivity index (χ1v) is 5.69. The van der Waals surface area contributed by atoms with E-state index in [4.69, 9.17) is 5.73 Å². The number of carbonyl (C=O) groups is 2. The third-order valence-electron chi connectivity index (χ3n) is 2.93. The van der Waals surface area contributed by atoms with E-state index in [1.54, 1.807) is 16.9 Å². The number of nitrogens with one attached hydrogen (secondary N) is 1. The van der Waals surface area contributed by atoms with Crippen molar-refractivity contribution in [1.82, 2.24) is 9.78 Å². The second-order valence-electron chi connectivity index (χ2n) is 4.49. The predicted molar refractivity (Wildman–Crippen MR) is 61.9 cm³/mol. The summed E-state index contributed by atoms with van der Waals surface area (Å²) in [6.07, 6.45) is 2.91. The smallest absolute Gasteiger partial charge is 0.228 e. The molecule has 0 saturated heterocycles. The third kappa shape index (κ3) is 3.05. The van der Waals surface area contributed by atoms with Gasteiger partial charge in [0, 0.05) is 31.1 Å². The van der Waals surface area contributed by atoms with E-state index < -0.39 is 0 Å². The van der Waals surface area contributed by atoms with Crippen molar-refractivity contribution in [3.8, 4) is 0 Å². The SMILES string of the molecule is CC1CC1C(=O)Nc1ccn(CCC(N)=O)n1. The number of aryl methyl sites for hydroxylation is 1. The fraction of sp³-hybridized carbons (Fsp3) is 0.545. The van der Waals surface area contributed by atoms with E-state index in [0.29, 0.717) is 18.3 Å². The highest BCUT2D eigenvalue weighted by atomic mass is 16.2. The molecule has 1 aliphatic carbocycles. The largest absolute Gasteiger partial charge is 0.370 e. The Labute approximate surface area is 99.2 Å². The first-order valence-electron chi connectivity index (χ1n) is 5.69. The Balaban J connectivity index is 1.85. The van der Waals surface area contributed by atoms with Gasteiger partial charge < -0.3 is 11.1 Å². The minimum atomic E-state index is -0.363. The average Bonchev–Trinajstić information content (AvgIpc) is 2.83. The normalized spacial score (nSPS) is 22.2. The lowest BCUT2D eigenvalue weighted by atomic mass is 10.3. The Hall–Kier alpha value is -1.85. The number of aromatic nitrogens is 2. The van der Waals surface area contributed by atoms with E-state index in [2.05, 4.69) is 17.3 Å². The summed E-state index contributed by atoms with van der Waals surface area (Å²) in [6, 6.07) is 1.71. The van der Waals surface area contributed by atoms with Crippen LogP contribution < -0.4 is 11.1 Å². The van der Waals surface area contributed by atoms with E-state index in [-0.39, 0.29) is 24.2 Å². The van der Waals surface area contributed by atoms with Gasteiger partial charge in [0.25, 0.3) is 0 Å². The highest BCUT2D eigenvalue weighted by Gasteiger charge is 2.39. The number of primary amides is 1. The maximum Gasteiger partial charge on any atom is 0.228 e. The van der Waals surface area contributed by atoms with E-state index in [9.17, 15) is 9.59 Å². The number of hydrogen-bond acceptors (Lipinski definition) is 3. The Bertz CT molecular complexity index is 440. The number of hydrogen-bond donors (Lipinski definition) is 2.